The van der Waals surface area contributed by atoms with Gasteiger partial charge in [-0.1, -0.05) is 17.8 Å². The molecule has 0 saturated carbocycles. The Balaban J connectivity index is 1.53. The van der Waals surface area contributed by atoms with Crippen molar-refractivity contribution in [3.8, 4) is 5.75 Å². The summed E-state index contributed by atoms with van der Waals surface area (Å²) in [5.41, 5.74) is 1.66. The fraction of sp³-hybridized carbons (Fsp3) is 0.278. The number of benzene rings is 1. The standard InChI is InChI=1S/C18H17N3O3S2/c1-21-17(24)15-12-6-3-7-13(12)26-16(15)20-18(21)25-9-14(23)19-10-4-2-5-11(22)8-10/h2,4-5,8,22H,3,6-7,9H2,1H3,(H,19,23). The van der Waals surface area contributed by atoms with Gasteiger partial charge >= 0.3 is 0 Å². The molecule has 4 rings (SSSR count). The van der Waals surface area contributed by atoms with Gasteiger partial charge < -0.3 is 10.4 Å². The van der Waals surface area contributed by atoms with Crippen LogP contribution >= 0.6 is 23.1 Å². The van der Waals surface area contributed by atoms with Crippen LogP contribution in [0.3, 0.4) is 0 Å². The van der Waals surface area contributed by atoms with Gasteiger partial charge in [-0.2, -0.15) is 0 Å². The van der Waals surface area contributed by atoms with Crippen molar-refractivity contribution in [3.63, 3.8) is 0 Å². The number of carbonyl (C=O) groups is 1. The zero-order valence-electron chi connectivity index (χ0n) is 14.1. The van der Waals surface area contributed by atoms with Crippen LogP contribution in [0, 0.1) is 0 Å². The molecule has 26 heavy (non-hydrogen) atoms. The van der Waals surface area contributed by atoms with Gasteiger partial charge in [-0.05, 0) is 37.0 Å². The minimum atomic E-state index is -0.219. The molecular weight excluding hydrogens is 370 g/mol. The first-order chi connectivity index (χ1) is 12.5. The Bertz CT molecular complexity index is 1070. The average molecular weight is 387 g/mol. The number of nitrogens with one attached hydrogen (secondary N) is 1. The topological polar surface area (TPSA) is 84.2 Å². The van der Waals surface area contributed by atoms with Gasteiger partial charge in [0.2, 0.25) is 5.91 Å². The predicted molar refractivity (Wildman–Crippen MR) is 104 cm³/mol. The van der Waals surface area contributed by atoms with E-state index in [2.05, 4.69) is 10.3 Å². The molecule has 2 aromatic heterocycles. The molecular formula is C18H17N3O3S2. The minimum Gasteiger partial charge on any atom is -0.508 e. The second kappa shape index (κ2) is 6.77. The van der Waals surface area contributed by atoms with E-state index in [0.29, 0.717) is 10.8 Å². The summed E-state index contributed by atoms with van der Waals surface area (Å²) in [4.78, 5) is 31.5. The van der Waals surface area contributed by atoms with Gasteiger partial charge in [0.25, 0.3) is 5.56 Å². The van der Waals surface area contributed by atoms with Crippen molar-refractivity contribution in [2.24, 2.45) is 7.05 Å². The van der Waals surface area contributed by atoms with E-state index in [-0.39, 0.29) is 23.0 Å². The van der Waals surface area contributed by atoms with Crippen LogP contribution < -0.4 is 10.9 Å². The molecule has 3 aromatic rings. The van der Waals surface area contributed by atoms with Crippen LogP contribution in [-0.4, -0.2) is 26.3 Å². The fourth-order valence-electron chi connectivity index (χ4n) is 3.15. The number of anilines is 1. The lowest BCUT2D eigenvalue weighted by atomic mass is 10.2. The third-order valence-corrected chi connectivity index (χ3v) is 6.58. The van der Waals surface area contributed by atoms with Crippen LogP contribution in [-0.2, 0) is 24.7 Å². The minimum absolute atomic E-state index is 0.0368. The molecule has 0 unspecified atom stereocenters. The lowest BCUT2D eigenvalue weighted by Gasteiger charge is -2.08. The first-order valence-electron chi connectivity index (χ1n) is 8.26. The van der Waals surface area contributed by atoms with Gasteiger partial charge in [0.05, 0.1) is 11.1 Å². The van der Waals surface area contributed by atoms with Gasteiger partial charge in [0.15, 0.2) is 5.16 Å². The van der Waals surface area contributed by atoms with E-state index in [1.165, 1.54) is 33.3 Å². The van der Waals surface area contributed by atoms with Gasteiger partial charge in [-0.15, -0.1) is 11.3 Å². The number of aromatic hydroxyl groups is 1. The summed E-state index contributed by atoms with van der Waals surface area (Å²) in [5, 5.41) is 13.5. The Hall–Kier alpha value is -2.32. The van der Waals surface area contributed by atoms with Crippen molar-refractivity contribution >= 4 is 44.9 Å². The first-order valence-corrected chi connectivity index (χ1v) is 10.1. The van der Waals surface area contributed by atoms with E-state index < -0.39 is 0 Å². The summed E-state index contributed by atoms with van der Waals surface area (Å²) in [6.45, 7) is 0. The SMILES string of the molecule is Cn1c(SCC(=O)Nc2cccc(O)c2)nc2sc3c(c2c1=O)CCC3. The molecule has 0 bridgehead atoms. The molecule has 2 N–H and O–H groups in total. The Labute approximate surface area is 157 Å². The third-order valence-electron chi connectivity index (χ3n) is 4.37. The molecule has 8 heteroatoms. The van der Waals surface area contributed by atoms with Crippen LogP contribution in [0.25, 0.3) is 10.2 Å². The quantitative estimate of drug-likeness (QED) is 0.531. The Morgan fingerprint density at radius 1 is 1.42 bits per heavy atom. The van der Waals surface area contributed by atoms with Gasteiger partial charge in [-0.3, -0.25) is 14.2 Å². The van der Waals surface area contributed by atoms with Gasteiger partial charge in [0, 0.05) is 23.7 Å². The third kappa shape index (κ3) is 3.10. The maximum Gasteiger partial charge on any atom is 0.262 e. The van der Waals surface area contributed by atoms with E-state index in [1.54, 1.807) is 30.5 Å². The van der Waals surface area contributed by atoms with E-state index in [9.17, 15) is 14.7 Å². The molecule has 1 aromatic carbocycles. The maximum absolute atomic E-state index is 12.7. The van der Waals surface area contributed by atoms with Crippen LogP contribution in [0.4, 0.5) is 5.69 Å². The van der Waals surface area contributed by atoms with E-state index in [0.717, 1.165) is 35.0 Å². The van der Waals surface area contributed by atoms with E-state index >= 15 is 0 Å². The maximum atomic E-state index is 12.7. The largest absolute Gasteiger partial charge is 0.508 e. The van der Waals surface area contributed by atoms with E-state index in [4.69, 9.17) is 0 Å². The number of aryl methyl sites for hydroxylation is 2. The van der Waals surface area contributed by atoms with Crippen molar-refractivity contribution in [1.82, 2.24) is 9.55 Å². The fourth-order valence-corrected chi connectivity index (χ4v) is 5.22. The van der Waals surface area contributed by atoms with Gasteiger partial charge in [-0.25, -0.2) is 4.98 Å². The van der Waals surface area contributed by atoms with Crippen molar-refractivity contribution in [3.05, 3.63) is 45.1 Å². The number of thioether (sulfide) groups is 1. The Morgan fingerprint density at radius 2 is 2.27 bits per heavy atom. The summed E-state index contributed by atoms with van der Waals surface area (Å²) >= 11 is 2.83. The number of aromatic nitrogens is 2. The number of phenolic OH excluding ortho intramolecular Hbond substituents is 1. The molecule has 134 valence electrons. The number of rotatable bonds is 4. The number of amides is 1. The Morgan fingerprint density at radius 3 is 3.08 bits per heavy atom. The van der Waals surface area contributed by atoms with Crippen molar-refractivity contribution in [2.45, 2.75) is 24.4 Å². The van der Waals surface area contributed by atoms with Crippen molar-refractivity contribution in [1.29, 1.82) is 0 Å². The molecule has 0 atom stereocenters. The molecule has 2 heterocycles. The summed E-state index contributed by atoms with van der Waals surface area (Å²) in [5.74, 6) is 0.00586. The number of hydrogen-bond acceptors (Lipinski definition) is 6. The highest BCUT2D eigenvalue weighted by molar-refractivity contribution is 7.99. The summed E-state index contributed by atoms with van der Waals surface area (Å²) < 4.78 is 1.53. The van der Waals surface area contributed by atoms with Crippen molar-refractivity contribution in [2.75, 3.05) is 11.1 Å². The van der Waals surface area contributed by atoms with Crippen LogP contribution in [0.15, 0.2) is 34.2 Å². The highest BCUT2D eigenvalue weighted by Gasteiger charge is 2.22. The number of phenols is 1. The highest BCUT2D eigenvalue weighted by atomic mass is 32.2. The summed E-state index contributed by atoms with van der Waals surface area (Å²) in [6, 6.07) is 6.39. The van der Waals surface area contributed by atoms with Crippen LogP contribution in [0.5, 0.6) is 5.75 Å². The zero-order chi connectivity index (χ0) is 18.3. The lowest BCUT2D eigenvalue weighted by molar-refractivity contribution is -0.113. The second-order valence-corrected chi connectivity index (χ2v) is 8.21. The summed E-state index contributed by atoms with van der Waals surface area (Å²) in [6.07, 6.45) is 3.07. The molecule has 1 amide bonds. The molecule has 0 saturated heterocycles. The molecule has 0 spiro atoms. The van der Waals surface area contributed by atoms with Gasteiger partial charge in [0.1, 0.15) is 10.6 Å². The predicted octanol–water partition coefficient (Wildman–Crippen LogP) is 2.92. The number of fused-ring (bicyclic) bond motifs is 3. The smallest absolute Gasteiger partial charge is 0.262 e. The molecule has 6 nitrogen and oxygen atoms in total. The van der Waals surface area contributed by atoms with Crippen LogP contribution in [0.2, 0.25) is 0 Å². The normalized spacial score (nSPS) is 13.1. The molecule has 0 aliphatic heterocycles. The molecule has 0 radical (unpaired) electrons. The van der Waals surface area contributed by atoms with E-state index in [1.807, 2.05) is 0 Å². The van der Waals surface area contributed by atoms with Crippen molar-refractivity contribution < 1.29 is 9.90 Å². The number of thiophene rings is 1. The first kappa shape index (κ1) is 17.1. The Kier molecular flexibility index (Phi) is 4.46. The number of carbonyl (C=O) groups excluding carboxylic acids is 1. The lowest BCUT2D eigenvalue weighted by Crippen LogP contribution is -2.21. The zero-order valence-corrected chi connectivity index (χ0v) is 15.7. The molecule has 0 fully saturated rings. The highest BCUT2D eigenvalue weighted by Crippen LogP contribution is 2.35. The van der Waals surface area contributed by atoms with Crippen LogP contribution in [0.1, 0.15) is 16.9 Å². The second-order valence-electron chi connectivity index (χ2n) is 6.18. The monoisotopic (exact) mass is 387 g/mol. The molecule has 1 aliphatic rings. The number of nitrogens with zero attached hydrogens (tertiary/aromatic N) is 2. The average Bonchev–Trinajstić information content (AvgIpc) is 3.17. The number of hydrogen-bond donors (Lipinski definition) is 2. The summed E-state index contributed by atoms with van der Waals surface area (Å²) in [7, 11) is 1.70. The molecule has 1 aliphatic carbocycles.